The molecule has 0 aromatic heterocycles. The highest BCUT2D eigenvalue weighted by Gasteiger charge is 2.17. The molecule has 0 unspecified atom stereocenters. The molecule has 0 atom stereocenters. The molecule has 0 bridgehead atoms. The largest absolute Gasteiger partial charge is 0.495 e. The Hall–Kier alpha value is -2.79. The van der Waals surface area contributed by atoms with Crippen molar-refractivity contribution in [1.29, 1.82) is 0 Å². The fourth-order valence-electron chi connectivity index (χ4n) is 2.41. The SMILES string of the molecule is COc1ccc(C(C)(C)C)cc1NC(=O)COC(=O)C=Cc1ccccc1Cl. The Bertz CT molecular complexity index is 884. The molecule has 2 rings (SSSR count). The summed E-state index contributed by atoms with van der Waals surface area (Å²) in [4.78, 5) is 24.0. The molecule has 6 heteroatoms. The van der Waals surface area contributed by atoms with Crippen LogP contribution in [-0.2, 0) is 19.7 Å². The lowest BCUT2D eigenvalue weighted by molar-refractivity contribution is -0.142. The normalized spacial score (nSPS) is 11.3. The van der Waals surface area contributed by atoms with Gasteiger partial charge in [0.05, 0.1) is 12.8 Å². The van der Waals surface area contributed by atoms with Crippen LogP contribution in [0.15, 0.2) is 48.5 Å². The fraction of sp³-hybridized carbons (Fsp3) is 0.273. The maximum absolute atomic E-state index is 12.2. The van der Waals surface area contributed by atoms with Crippen molar-refractivity contribution in [3.63, 3.8) is 0 Å². The molecule has 5 nitrogen and oxygen atoms in total. The van der Waals surface area contributed by atoms with Gasteiger partial charge in [-0.2, -0.15) is 0 Å². The minimum absolute atomic E-state index is 0.0816. The summed E-state index contributed by atoms with van der Waals surface area (Å²) in [5, 5.41) is 3.25. The van der Waals surface area contributed by atoms with Gasteiger partial charge in [0.15, 0.2) is 6.61 Å². The number of halogens is 1. The van der Waals surface area contributed by atoms with E-state index in [-0.39, 0.29) is 5.41 Å². The van der Waals surface area contributed by atoms with Gasteiger partial charge in [0.2, 0.25) is 0 Å². The summed E-state index contributed by atoms with van der Waals surface area (Å²) < 4.78 is 10.3. The van der Waals surface area contributed by atoms with Crippen LogP contribution in [0.5, 0.6) is 5.75 Å². The van der Waals surface area contributed by atoms with Crippen LogP contribution in [0.3, 0.4) is 0 Å². The van der Waals surface area contributed by atoms with Crippen LogP contribution >= 0.6 is 11.6 Å². The number of anilines is 1. The number of carbonyl (C=O) groups is 2. The average Bonchev–Trinajstić information content (AvgIpc) is 2.65. The summed E-state index contributed by atoms with van der Waals surface area (Å²) in [7, 11) is 1.53. The number of hydrogen-bond donors (Lipinski definition) is 1. The van der Waals surface area contributed by atoms with Gasteiger partial charge in [0, 0.05) is 11.1 Å². The number of methoxy groups -OCH3 is 1. The number of nitrogens with one attached hydrogen (secondary N) is 1. The van der Waals surface area contributed by atoms with Crippen molar-refractivity contribution in [2.24, 2.45) is 0 Å². The second-order valence-electron chi connectivity index (χ2n) is 7.18. The molecule has 0 saturated carbocycles. The zero-order valence-corrected chi connectivity index (χ0v) is 17.2. The number of ether oxygens (including phenoxy) is 2. The summed E-state index contributed by atoms with van der Waals surface area (Å²) in [6.07, 6.45) is 2.77. The topological polar surface area (TPSA) is 64.6 Å². The van der Waals surface area contributed by atoms with Crippen molar-refractivity contribution in [2.45, 2.75) is 26.2 Å². The molecular formula is C22H24ClNO4. The summed E-state index contributed by atoms with van der Waals surface area (Å²) >= 11 is 6.02. The van der Waals surface area contributed by atoms with E-state index in [0.29, 0.717) is 22.0 Å². The molecule has 0 saturated heterocycles. The van der Waals surface area contributed by atoms with Crippen LogP contribution < -0.4 is 10.1 Å². The number of rotatable bonds is 6. The Kier molecular flexibility index (Phi) is 7.24. The minimum atomic E-state index is -0.634. The van der Waals surface area contributed by atoms with Gasteiger partial charge < -0.3 is 14.8 Å². The number of amides is 1. The number of carbonyl (C=O) groups excluding carboxylic acids is 2. The molecule has 148 valence electrons. The number of esters is 1. The Morgan fingerprint density at radius 2 is 1.86 bits per heavy atom. The zero-order valence-electron chi connectivity index (χ0n) is 16.4. The van der Waals surface area contributed by atoms with Gasteiger partial charge in [-0.05, 0) is 40.8 Å². The summed E-state index contributed by atoms with van der Waals surface area (Å²) in [5.74, 6) is -0.555. The molecule has 0 aliphatic heterocycles. The third-order valence-electron chi connectivity index (χ3n) is 3.99. The lowest BCUT2D eigenvalue weighted by Crippen LogP contribution is -2.21. The summed E-state index contributed by atoms with van der Waals surface area (Å²) in [5.41, 5.74) is 2.18. The van der Waals surface area contributed by atoms with Crippen LogP contribution in [-0.4, -0.2) is 25.6 Å². The van der Waals surface area contributed by atoms with E-state index in [2.05, 4.69) is 26.1 Å². The van der Waals surface area contributed by atoms with E-state index in [4.69, 9.17) is 21.1 Å². The second kappa shape index (κ2) is 9.42. The number of hydrogen-bond acceptors (Lipinski definition) is 4. The molecule has 0 aliphatic rings. The smallest absolute Gasteiger partial charge is 0.331 e. The van der Waals surface area contributed by atoms with E-state index in [1.807, 2.05) is 18.2 Å². The first-order chi connectivity index (χ1) is 13.2. The predicted octanol–water partition coefficient (Wildman–Crippen LogP) is 4.84. The molecule has 0 fully saturated rings. The van der Waals surface area contributed by atoms with Crippen LogP contribution in [0.1, 0.15) is 31.9 Å². The third kappa shape index (κ3) is 6.13. The third-order valence-corrected chi connectivity index (χ3v) is 4.33. The van der Waals surface area contributed by atoms with Gasteiger partial charge in [-0.25, -0.2) is 4.79 Å². The zero-order chi connectivity index (χ0) is 20.7. The minimum Gasteiger partial charge on any atom is -0.495 e. The van der Waals surface area contributed by atoms with Gasteiger partial charge in [0.1, 0.15) is 5.75 Å². The maximum Gasteiger partial charge on any atom is 0.331 e. The van der Waals surface area contributed by atoms with Crippen LogP contribution in [0.2, 0.25) is 5.02 Å². The molecule has 28 heavy (non-hydrogen) atoms. The van der Waals surface area contributed by atoms with Gasteiger partial charge in [-0.15, -0.1) is 0 Å². The van der Waals surface area contributed by atoms with Crippen LogP contribution in [0, 0.1) is 0 Å². The Morgan fingerprint density at radius 3 is 2.50 bits per heavy atom. The first kappa shape index (κ1) is 21.5. The standard InChI is InChI=1S/C22H24ClNO4/c1-22(2,3)16-10-11-19(27-4)18(13-16)24-20(25)14-28-21(26)12-9-15-7-5-6-8-17(15)23/h5-13H,14H2,1-4H3,(H,24,25). The molecule has 0 spiro atoms. The molecule has 0 heterocycles. The molecule has 2 aromatic carbocycles. The van der Waals surface area contributed by atoms with Crippen molar-refractivity contribution in [3.8, 4) is 5.75 Å². The maximum atomic E-state index is 12.2. The molecule has 1 N–H and O–H groups in total. The van der Waals surface area contributed by atoms with Crippen molar-refractivity contribution < 1.29 is 19.1 Å². The summed E-state index contributed by atoms with van der Waals surface area (Å²) in [6, 6.07) is 12.7. The van der Waals surface area contributed by atoms with E-state index in [0.717, 1.165) is 5.56 Å². The van der Waals surface area contributed by atoms with Gasteiger partial charge in [-0.3, -0.25) is 4.79 Å². The first-order valence-corrected chi connectivity index (χ1v) is 9.16. The monoisotopic (exact) mass is 401 g/mol. The van der Waals surface area contributed by atoms with Gasteiger partial charge in [-0.1, -0.05) is 56.6 Å². The fourth-order valence-corrected chi connectivity index (χ4v) is 2.61. The van der Waals surface area contributed by atoms with Gasteiger partial charge in [0.25, 0.3) is 5.91 Å². The Balaban J connectivity index is 1.97. The van der Waals surface area contributed by atoms with E-state index in [1.54, 1.807) is 30.3 Å². The van der Waals surface area contributed by atoms with Crippen molar-refractivity contribution in [3.05, 3.63) is 64.7 Å². The van der Waals surface area contributed by atoms with Crippen molar-refractivity contribution in [1.82, 2.24) is 0 Å². The molecular weight excluding hydrogens is 378 g/mol. The van der Waals surface area contributed by atoms with E-state index >= 15 is 0 Å². The molecule has 0 radical (unpaired) electrons. The Labute approximate surface area is 170 Å². The predicted molar refractivity (Wildman–Crippen MR) is 112 cm³/mol. The highest BCUT2D eigenvalue weighted by molar-refractivity contribution is 6.32. The van der Waals surface area contributed by atoms with Crippen LogP contribution in [0.25, 0.3) is 6.08 Å². The van der Waals surface area contributed by atoms with Crippen LogP contribution in [0.4, 0.5) is 5.69 Å². The van der Waals surface area contributed by atoms with E-state index in [9.17, 15) is 9.59 Å². The highest BCUT2D eigenvalue weighted by atomic mass is 35.5. The Morgan fingerprint density at radius 1 is 1.14 bits per heavy atom. The second-order valence-corrected chi connectivity index (χ2v) is 7.58. The number of benzene rings is 2. The van der Waals surface area contributed by atoms with E-state index < -0.39 is 18.5 Å². The lowest BCUT2D eigenvalue weighted by atomic mass is 9.87. The highest BCUT2D eigenvalue weighted by Crippen LogP contribution is 2.31. The molecule has 0 aliphatic carbocycles. The molecule has 2 aromatic rings. The molecule has 1 amide bonds. The first-order valence-electron chi connectivity index (χ1n) is 8.78. The van der Waals surface area contributed by atoms with Crippen molar-refractivity contribution >= 4 is 35.2 Å². The van der Waals surface area contributed by atoms with E-state index in [1.165, 1.54) is 13.2 Å². The summed E-state index contributed by atoms with van der Waals surface area (Å²) in [6.45, 7) is 5.82. The van der Waals surface area contributed by atoms with Gasteiger partial charge >= 0.3 is 5.97 Å². The quantitative estimate of drug-likeness (QED) is 0.555. The average molecular weight is 402 g/mol. The lowest BCUT2D eigenvalue weighted by Gasteiger charge is -2.21. The van der Waals surface area contributed by atoms with Crippen molar-refractivity contribution in [2.75, 3.05) is 19.0 Å².